The first-order valence-corrected chi connectivity index (χ1v) is 4.67. The van der Waals surface area contributed by atoms with Gasteiger partial charge in [0.25, 0.3) is 5.91 Å². The van der Waals surface area contributed by atoms with Gasteiger partial charge < -0.3 is 10.0 Å². The average molecular weight is 207 g/mol. The number of alkyl halides is 2. The summed E-state index contributed by atoms with van der Waals surface area (Å²) in [6.07, 6.45) is -0.104. The largest absolute Gasteiger partial charge is 0.393 e. The molecular weight excluding hydrogens is 192 g/mol. The lowest BCUT2D eigenvalue weighted by atomic mass is 9.96. The molecule has 1 amide bonds. The molecule has 1 heterocycles. The molecule has 1 aliphatic heterocycles. The highest BCUT2D eigenvalue weighted by Gasteiger charge is 2.39. The number of hydrogen-bond acceptors (Lipinski definition) is 2. The molecule has 1 saturated heterocycles. The van der Waals surface area contributed by atoms with Gasteiger partial charge in [0.15, 0.2) is 0 Å². The molecule has 0 aliphatic carbocycles. The number of hydrogen-bond donors (Lipinski definition) is 1. The molecular formula is C9H15F2NO2. The molecule has 0 radical (unpaired) electrons. The predicted octanol–water partition coefficient (Wildman–Crippen LogP) is 0.871. The first kappa shape index (κ1) is 11.4. The van der Waals surface area contributed by atoms with Gasteiger partial charge in [-0.3, -0.25) is 4.79 Å². The third-order valence-electron chi connectivity index (χ3n) is 2.52. The van der Waals surface area contributed by atoms with Crippen LogP contribution >= 0.6 is 0 Å². The van der Waals surface area contributed by atoms with E-state index in [4.69, 9.17) is 0 Å². The van der Waals surface area contributed by atoms with E-state index < -0.39 is 17.9 Å². The summed E-state index contributed by atoms with van der Waals surface area (Å²) in [6, 6.07) is 0. The van der Waals surface area contributed by atoms with Crippen LogP contribution in [0.3, 0.4) is 0 Å². The number of piperidine rings is 1. The normalized spacial score (nSPS) is 29.1. The summed E-state index contributed by atoms with van der Waals surface area (Å²) in [5.74, 6) is -4.58. The Balaban J connectivity index is 2.59. The number of halogens is 2. The van der Waals surface area contributed by atoms with Crippen molar-refractivity contribution in [3.8, 4) is 0 Å². The van der Waals surface area contributed by atoms with E-state index in [1.807, 2.05) is 0 Å². The minimum absolute atomic E-state index is 0.130. The van der Waals surface area contributed by atoms with Crippen molar-refractivity contribution in [2.24, 2.45) is 5.92 Å². The van der Waals surface area contributed by atoms with E-state index in [0.29, 0.717) is 13.3 Å². The van der Waals surface area contributed by atoms with Gasteiger partial charge in [-0.1, -0.05) is 6.92 Å². The monoisotopic (exact) mass is 207 g/mol. The van der Waals surface area contributed by atoms with E-state index in [1.54, 1.807) is 6.92 Å². The van der Waals surface area contributed by atoms with Gasteiger partial charge in [0, 0.05) is 20.0 Å². The highest BCUT2D eigenvalue weighted by atomic mass is 19.3. The molecule has 0 spiro atoms. The van der Waals surface area contributed by atoms with Crippen LogP contribution in [0.1, 0.15) is 20.3 Å². The maximum Gasteiger partial charge on any atom is 0.322 e. The second kappa shape index (κ2) is 3.81. The van der Waals surface area contributed by atoms with Crippen molar-refractivity contribution in [1.82, 2.24) is 4.90 Å². The number of nitrogens with zero attached hydrogens (tertiary/aromatic N) is 1. The molecule has 2 atom stereocenters. The van der Waals surface area contributed by atoms with Gasteiger partial charge in [-0.2, -0.15) is 8.78 Å². The van der Waals surface area contributed by atoms with E-state index in [0.717, 1.165) is 4.90 Å². The molecule has 0 aromatic carbocycles. The molecule has 1 aliphatic rings. The zero-order valence-corrected chi connectivity index (χ0v) is 8.33. The molecule has 5 heteroatoms. The quantitative estimate of drug-likeness (QED) is 0.693. The van der Waals surface area contributed by atoms with Crippen LogP contribution in [0.15, 0.2) is 0 Å². The number of aliphatic hydroxyl groups is 1. The van der Waals surface area contributed by atoms with E-state index in [9.17, 15) is 18.7 Å². The topological polar surface area (TPSA) is 40.5 Å². The zero-order valence-electron chi connectivity index (χ0n) is 8.33. The first-order chi connectivity index (χ1) is 6.32. The van der Waals surface area contributed by atoms with Crippen LogP contribution in [0.5, 0.6) is 0 Å². The third-order valence-corrected chi connectivity index (χ3v) is 2.52. The minimum Gasteiger partial charge on any atom is -0.393 e. The highest BCUT2D eigenvalue weighted by molar-refractivity contribution is 5.83. The minimum atomic E-state index is -3.30. The second-order valence-electron chi connectivity index (χ2n) is 3.97. The smallest absolute Gasteiger partial charge is 0.322 e. The molecule has 0 aromatic heterocycles. The van der Waals surface area contributed by atoms with Crippen molar-refractivity contribution >= 4 is 5.91 Å². The van der Waals surface area contributed by atoms with E-state index in [1.165, 1.54) is 0 Å². The lowest BCUT2D eigenvalue weighted by Gasteiger charge is -2.35. The second-order valence-corrected chi connectivity index (χ2v) is 3.97. The Hall–Kier alpha value is -0.710. The summed E-state index contributed by atoms with van der Waals surface area (Å²) < 4.78 is 25.3. The van der Waals surface area contributed by atoms with Crippen LogP contribution in [0, 0.1) is 5.92 Å². The van der Waals surface area contributed by atoms with Crippen molar-refractivity contribution in [2.45, 2.75) is 32.3 Å². The molecule has 1 rings (SSSR count). The van der Waals surface area contributed by atoms with Gasteiger partial charge in [-0.15, -0.1) is 0 Å². The Bertz CT molecular complexity index is 227. The maximum absolute atomic E-state index is 12.7. The Kier molecular flexibility index (Phi) is 3.09. The van der Waals surface area contributed by atoms with Crippen molar-refractivity contribution in [2.75, 3.05) is 13.1 Å². The molecule has 3 nitrogen and oxygen atoms in total. The molecule has 2 unspecified atom stereocenters. The number of rotatable bonds is 1. The molecule has 82 valence electrons. The van der Waals surface area contributed by atoms with E-state index in [-0.39, 0.29) is 19.0 Å². The van der Waals surface area contributed by atoms with Gasteiger partial charge in [0.05, 0.1) is 6.10 Å². The summed E-state index contributed by atoms with van der Waals surface area (Å²) >= 11 is 0. The van der Waals surface area contributed by atoms with Gasteiger partial charge >= 0.3 is 5.92 Å². The molecule has 0 saturated carbocycles. The number of carbonyl (C=O) groups excluding carboxylic acids is 1. The van der Waals surface area contributed by atoms with Crippen LogP contribution in [-0.2, 0) is 4.79 Å². The molecule has 0 bridgehead atoms. The molecule has 1 N–H and O–H groups in total. The Morgan fingerprint density at radius 3 is 2.57 bits per heavy atom. The fraction of sp³-hybridized carbons (Fsp3) is 0.889. The number of aliphatic hydroxyl groups excluding tert-OH is 1. The van der Waals surface area contributed by atoms with Crippen LogP contribution < -0.4 is 0 Å². The van der Waals surface area contributed by atoms with Crippen LogP contribution in [0.25, 0.3) is 0 Å². The zero-order chi connectivity index (χ0) is 10.9. The third kappa shape index (κ3) is 2.41. The standard InChI is InChI=1S/C9H15F2NO2/c1-6-5-12(4-3-7(6)13)8(14)9(2,10)11/h6-7,13H,3-5H2,1-2H3. The summed E-state index contributed by atoms with van der Waals surface area (Å²) in [4.78, 5) is 12.3. The lowest BCUT2D eigenvalue weighted by molar-refractivity contribution is -0.158. The maximum atomic E-state index is 12.7. The predicted molar refractivity (Wildman–Crippen MR) is 47.0 cm³/mol. The fourth-order valence-corrected chi connectivity index (χ4v) is 1.60. The number of carbonyl (C=O) groups is 1. The molecule has 0 aromatic rings. The van der Waals surface area contributed by atoms with Crippen LogP contribution in [-0.4, -0.2) is 41.0 Å². The summed E-state index contributed by atoms with van der Waals surface area (Å²) in [7, 11) is 0. The fourth-order valence-electron chi connectivity index (χ4n) is 1.60. The van der Waals surface area contributed by atoms with Gasteiger partial charge in [-0.25, -0.2) is 0 Å². The molecule has 14 heavy (non-hydrogen) atoms. The average Bonchev–Trinajstić information content (AvgIpc) is 2.07. The SMILES string of the molecule is CC1CN(C(=O)C(C)(F)F)CCC1O. The van der Waals surface area contributed by atoms with Gasteiger partial charge in [-0.05, 0) is 12.3 Å². The Labute approximate surface area is 81.7 Å². The van der Waals surface area contributed by atoms with E-state index >= 15 is 0 Å². The lowest BCUT2D eigenvalue weighted by Crippen LogP contribution is -2.49. The van der Waals surface area contributed by atoms with Gasteiger partial charge in [0.1, 0.15) is 0 Å². The van der Waals surface area contributed by atoms with Crippen molar-refractivity contribution in [3.63, 3.8) is 0 Å². The summed E-state index contributed by atoms with van der Waals surface area (Å²) in [5, 5.41) is 9.35. The van der Waals surface area contributed by atoms with Crippen molar-refractivity contribution < 1.29 is 18.7 Å². The first-order valence-electron chi connectivity index (χ1n) is 4.67. The highest BCUT2D eigenvalue weighted by Crippen LogP contribution is 2.22. The van der Waals surface area contributed by atoms with Crippen LogP contribution in [0.4, 0.5) is 8.78 Å². The number of amides is 1. The van der Waals surface area contributed by atoms with Gasteiger partial charge in [0.2, 0.25) is 0 Å². The van der Waals surface area contributed by atoms with Crippen molar-refractivity contribution in [3.05, 3.63) is 0 Å². The molecule has 1 fully saturated rings. The van der Waals surface area contributed by atoms with E-state index in [2.05, 4.69) is 0 Å². The Morgan fingerprint density at radius 1 is 1.57 bits per heavy atom. The van der Waals surface area contributed by atoms with Crippen LogP contribution in [0.2, 0.25) is 0 Å². The Morgan fingerprint density at radius 2 is 2.14 bits per heavy atom. The summed E-state index contributed by atoms with van der Waals surface area (Å²) in [5.41, 5.74) is 0. The summed E-state index contributed by atoms with van der Waals surface area (Å²) in [6.45, 7) is 2.78. The number of likely N-dealkylation sites (tertiary alicyclic amines) is 1. The van der Waals surface area contributed by atoms with Crippen molar-refractivity contribution in [1.29, 1.82) is 0 Å².